The number of primary amides is 1. The number of aromatic nitrogens is 3. The van der Waals surface area contributed by atoms with E-state index in [4.69, 9.17) is 5.73 Å². The second-order valence-electron chi connectivity index (χ2n) is 8.62. The van der Waals surface area contributed by atoms with Crippen LogP contribution in [0.5, 0.6) is 0 Å². The number of H-pyrrole nitrogens is 1. The molecule has 9 heteroatoms. The summed E-state index contributed by atoms with van der Waals surface area (Å²) in [6, 6.07) is 14.8. The maximum atomic E-state index is 13.6. The van der Waals surface area contributed by atoms with Crippen molar-refractivity contribution in [2.24, 2.45) is 5.73 Å². The average molecular weight is 491 g/mol. The largest absolute Gasteiger partial charge is 0.369 e. The van der Waals surface area contributed by atoms with Crippen LogP contribution in [0.15, 0.2) is 71.0 Å². The van der Waals surface area contributed by atoms with E-state index in [9.17, 15) is 9.18 Å². The fourth-order valence-electron chi connectivity index (χ4n) is 4.44. The lowest BCUT2D eigenvalue weighted by Gasteiger charge is -2.36. The van der Waals surface area contributed by atoms with Gasteiger partial charge in [0.1, 0.15) is 11.5 Å². The molecule has 5 rings (SSSR count). The summed E-state index contributed by atoms with van der Waals surface area (Å²) in [6.45, 7) is 5.04. The summed E-state index contributed by atoms with van der Waals surface area (Å²) in [5.41, 5.74) is 8.89. The number of carbonyl (C=O) groups is 1. The van der Waals surface area contributed by atoms with E-state index in [1.807, 2.05) is 6.20 Å². The van der Waals surface area contributed by atoms with Crippen molar-refractivity contribution in [2.75, 3.05) is 37.6 Å². The number of benzene rings is 2. The van der Waals surface area contributed by atoms with E-state index >= 15 is 0 Å². The highest BCUT2D eigenvalue weighted by Crippen LogP contribution is 2.27. The van der Waals surface area contributed by atoms with E-state index in [1.165, 1.54) is 35.1 Å². The molecule has 1 fully saturated rings. The number of nitrogens with two attached hydrogens (primary N) is 1. The number of rotatable bonds is 8. The highest BCUT2D eigenvalue weighted by Gasteiger charge is 2.17. The van der Waals surface area contributed by atoms with Gasteiger partial charge in [-0.3, -0.25) is 9.69 Å². The van der Waals surface area contributed by atoms with Crippen molar-refractivity contribution in [3.63, 3.8) is 0 Å². The number of anilines is 1. The van der Waals surface area contributed by atoms with Gasteiger partial charge >= 0.3 is 0 Å². The summed E-state index contributed by atoms with van der Waals surface area (Å²) in [5, 5.41) is 1.49. The maximum absolute atomic E-state index is 13.6. The topological polar surface area (TPSA) is 91.1 Å². The molecule has 35 heavy (non-hydrogen) atoms. The first-order valence-corrected chi connectivity index (χ1v) is 12.5. The SMILES string of the molecule is NC(=O)c1ccnc(Sc2ccc(N3CCN(CCCc4c[nH]c5ccc(F)cc45)CC3)cc2)n1. The molecular formula is C26H27FN6OS. The van der Waals surface area contributed by atoms with Gasteiger partial charge in [-0.25, -0.2) is 14.4 Å². The molecule has 2 aromatic carbocycles. The Morgan fingerprint density at radius 1 is 1.09 bits per heavy atom. The van der Waals surface area contributed by atoms with Crippen LogP contribution >= 0.6 is 11.8 Å². The number of nitrogens with zero attached hydrogens (tertiary/aromatic N) is 4. The summed E-state index contributed by atoms with van der Waals surface area (Å²) < 4.78 is 13.6. The van der Waals surface area contributed by atoms with Gasteiger partial charge in [0, 0.05) is 60.1 Å². The smallest absolute Gasteiger partial charge is 0.267 e. The molecule has 7 nitrogen and oxygen atoms in total. The molecule has 0 saturated carbocycles. The summed E-state index contributed by atoms with van der Waals surface area (Å²) in [6.07, 6.45) is 5.54. The van der Waals surface area contributed by atoms with Crippen molar-refractivity contribution in [3.05, 3.63) is 78.0 Å². The van der Waals surface area contributed by atoms with Crippen molar-refractivity contribution in [2.45, 2.75) is 22.9 Å². The van der Waals surface area contributed by atoms with Gasteiger partial charge in [0.15, 0.2) is 5.16 Å². The van der Waals surface area contributed by atoms with Gasteiger partial charge in [0.2, 0.25) is 0 Å². The average Bonchev–Trinajstić information content (AvgIpc) is 3.27. The third-order valence-electron chi connectivity index (χ3n) is 6.32. The molecule has 1 aliphatic heterocycles. The van der Waals surface area contributed by atoms with Gasteiger partial charge in [-0.15, -0.1) is 0 Å². The Hall–Kier alpha value is -3.43. The lowest BCUT2D eigenvalue weighted by Crippen LogP contribution is -2.46. The van der Waals surface area contributed by atoms with Crippen LogP contribution in [0.2, 0.25) is 0 Å². The molecule has 0 aliphatic carbocycles. The summed E-state index contributed by atoms with van der Waals surface area (Å²) >= 11 is 1.40. The van der Waals surface area contributed by atoms with Crippen molar-refractivity contribution >= 4 is 34.3 Å². The first kappa shape index (κ1) is 23.3. The van der Waals surface area contributed by atoms with Gasteiger partial charge in [-0.1, -0.05) is 0 Å². The Morgan fingerprint density at radius 2 is 1.89 bits per heavy atom. The Morgan fingerprint density at radius 3 is 2.66 bits per heavy atom. The highest BCUT2D eigenvalue weighted by molar-refractivity contribution is 7.99. The molecule has 1 amide bonds. The van der Waals surface area contributed by atoms with E-state index < -0.39 is 5.91 Å². The Labute approximate surface area is 207 Å². The Balaban J connectivity index is 1.09. The quantitative estimate of drug-likeness (QED) is 0.362. The van der Waals surface area contributed by atoms with Gasteiger partial charge in [0.05, 0.1) is 0 Å². The van der Waals surface area contributed by atoms with Crippen LogP contribution in [0.25, 0.3) is 10.9 Å². The van der Waals surface area contributed by atoms with Crippen molar-refractivity contribution < 1.29 is 9.18 Å². The molecule has 180 valence electrons. The number of hydrogen-bond acceptors (Lipinski definition) is 6. The zero-order valence-electron chi connectivity index (χ0n) is 19.3. The molecule has 1 saturated heterocycles. The lowest BCUT2D eigenvalue weighted by atomic mass is 10.1. The third-order valence-corrected chi connectivity index (χ3v) is 7.21. The predicted molar refractivity (Wildman–Crippen MR) is 136 cm³/mol. The number of aryl methyl sites for hydroxylation is 1. The minimum atomic E-state index is -0.558. The number of carbonyl (C=O) groups excluding carboxylic acids is 1. The fraction of sp³-hybridized carbons (Fsp3) is 0.269. The minimum absolute atomic E-state index is 0.188. The van der Waals surface area contributed by atoms with Gasteiger partial charge in [0.25, 0.3) is 5.91 Å². The standard InChI is InChI=1S/C26H27FN6OS/c27-19-3-8-23-22(16-19)18(17-30-23)2-1-11-32-12-14-33(15-13-32)20-4-6-21(7-5-20)35-26-29-10-9-24(31-26)25(28)34/h3-10,16-17,30H,1-2,11-15H2,(H2,28,34). The minimum Gasteiger partial charge on any atom is -0.369 e. The predicted octanol–water partition coefficient (Wildman–Crippen LogP) is 4.10. The monoisotopic (exact) mass is 490 g/mol. The van der Waals surface area contributed by atoms with Crippen LogP contribution in [0.1, 0.15) is 22.5 Å². The molecule has 0 bridgehead atoms. The van der Waals surface area contributed by atoms with E-state index in [0.29, 0.717) is 5.16 Å². The zero-order valence-corrected chi connectivity index (χ0v) is 20.1. The van der Waals surface area contributed by atoms with Gasteiger partial charge in [-0.2, -0.15) is 0 Å². The fourth-order valence-corrected chi connectivity index (χ4v) is 5.18. The van der Waals surface area contributed by atoms with Crippen molar-refractivity contribution in [3.8, 4) is 0 Å². The van der Waals surface area contributed by atoms with Crippen LogP contribution in [0, 0.1) is 5.82 Å². The molecule has 4 aromatic rings. The molecule has 0 unspecified atom stereocenters. The zero-order chi connectivity index (χ0) is 24.2. The number of amides is 1. The molecule has 3 heterocycles. The molecule has 3 N–H and O–H groups in total. The van der Waals surface area contributed by atoms with E-state index in [2.05, 4.69) is 49.0 Å². The third kappa shape index (κ3) is 5.63. The van der Waals surface area contributed by atoms with E-state index in [0.717, 1.165) is 61.4 Å². The van der Waals surface area contributed by atoms with Gasteiger partial charge < -0.3 is 15.6 Å². The summed E-state index contributed by atoms with van der Waals surface area (Å²) in [7, 11) is 0. The Kier molecular flexibility index (Phi) is 6.96. The highest BCUT2D eigenvalue weighted by atomic mass is 32.2. The number of aromatic amines is 1. The normalized spacial score (nSPS) is 14.5. The molecule has 0 radical (unpaired) electrons. The first-order chi connectivity index (χ1) is 17.0. The van der Waals surface area contributed by atoms with Crippen molar-refractivity contribution in [1.82, 2.24) is 19.9 Å². The number of nitrogens with one attached hydrogen (secondary N) is 1. The lowest BCUT2D eigenvalue weighted by molar-refractivity contribution is 0.0994. The molecule has 0 spiro atoms. The number of fused-ring (bicyclic) bond motifs is 1. The van der Waals surface area contributed by atoms with E-state index in [1.54, 1.807) is 18.3 Å². The Bertz CT molecular complexity index is 1320. The first-order valence-electron chi connectivity index (χ1n) is 11.7. The maximum Gasteiger partial charge on any atom is 0.267 e. The van der Waals surface area contributed by atoms with Crippen LogP contribution in [-0.2, 0) is 6.42 Å². The summed E-state index contributed by atoms with van der Waals surface area (Å²) in [5.74, 6) is -0.746. The number of hydrogen-bond donors (Lipinski definition) is 2. The van der Waals surface area contributed by atoms with Gasteiger partial charge in [-0.05, 0) is 85.2 Å². The molecular weight excluding hydrogens is 463 g/mol. The van der Waals surface area contributed by atoms with Crippen LogP contribution in [0.4, 0.5) is 10.1 Å². The number of halogens is 1. The van der Waals surface area contributed by atoms with Crippen LogP contribution < -0.4 is 10.6 Å². The molecule has 0 atom stereocenters. The molecule has 1 aliphatic rings. The van der Waals surface area contributed by atoms with Crippen LogP contribution in [-0.4, -0.2) is 58.5 Å². The molecule has 2 aromatic heterocycles. The summed E-state index contributed by atoms with van der Waals surface area (Å²) in [4.78, 5) is 28.9. The van der Waals surface area contributed by atoms with Crippen molar-refractivity contribution in [1.29, 1.82) is 0 Å². The second-order valence-corrected chi connectivity index (χ2v) is 9.66. The number of piperazine rings is 1. The van der Waals surface area contributed by atoms with E-state index in [-0.39, 0.29) is 11.5 Å². The van der Waals surface area contributed by atoms with Crippen LogP contribution in [0.3, 0.4) is 0 Å². The second kappa shape index (κ2) is 10.5.